The number of amides is 1. The maximum atomic E-state index is 12.6. The number of ether oxygens (including phenoxy) is 1. The van der Waals surface area contributed by atoms with Gasteiger partial charge in [-0.15, -0.1) is 0 Å². The fraction of sp³-hybridized carbons (Fsp3) is 0.238. The van der Waals surface area contributed by atoms with Gasteiger partial charge in [0.05, 0.1) is 0 Å². The number of thiocarbonyl (C=S) groups is 1. The van der Waals surface area contributed by atoms with Crippen LogP contribution in [0.1, 0.15) is 23.6 Å². The summed E-state index contributed by atoms with van der Waals surface area (Å²) in [7, 11) is 1.82. The minimum atomic E-state index is -0.0756. The SMILES string of the molecule is CCN1C(=O)/C(=C\c2ccccc2OCc2ccc(C)cc2)N(C)C1=S. The Bertz CT molecular complexity index is 859. The van der Waals surface area contributed by atoms with E-state index in [2.05, 4.69) is 31.2 Å². The van der Waals surface area contributed by atoms with E-state index in [4.69, 9.17) is 17.0 Å². The molecular formula is C21H22N2O2S. The van der Waals surface area contributed by atoms with Gasteiger partial charge in [0.1, 0.15) is 18.1 Å². The number of carbonyl (C=O) groups is 1. The maximum Gasteiger partial charge on any atom is 0.276 e. The topological polar surface area (TPSA) is 32.8 Å². The number of aryl methyl sites for hydroxylation is 1. The molecule has 1 aliphatic rings. The van der Waals surface area contributed by atoms with E-state index < -0.39 is 0 Å². The fourth-order valence-electron chi connectivity index (χ4n) is 2.81. The summed E-state index contributed by atoms with van der Waals surface area (Å²) in [5.74, 6) is 0.663. The number of nitrogens with zero attached hydrogens (tertiary/aromatic N) is 2. The Morgan fingerprint density at radius 1 is 1.12 bits per heavy atom. The van der Waals surface area contributed by atoms with Gasteiger partial charge in [-0.3, -0.25) is 9.69 Å². The second-order valence-corrected chi connectivity index (χ2v) is 6.60. The van der Waals surface area contributed by atoms with Crippen LogP contribution in [0.2, 0.25) is 0 Å². The number of likely N-dealkylation sites (N-methyl/N-ethyl adjacent to an activating group) is 2. The van der Waals surface area contributed by atoms with Crippen LogP contribution in [0.15, 0.2) is 54.2 Å². The zero-order chi connectivity index (χ0) is 18.7. The van der Waals surface area contributed by atoms with Crippen molar-refractivity contribution >= 4 is 29.3 Å². The summed E-state index contributed by atoms with van der Waals surface area (Å²) < 4.78 is 6.00. The quantitative estimate of drug-likeness (QED) is 0.592. The molecule has 0 unspecified atom stereocenters. The van der Waals surface area contributed by atoms with Crippen molar-refractivity contribution in [1.29, 1.82) is 0 Å². The van der Waals surface area contributed by atoms with Crippen LogP contribution in [-0.4, -0.2) is 34.4 Å². The number of para-hydroxylation sites is 1. The van der Waals surface area contributed by atoms with Crippen LogP contribution in [0, 0.1) is 6.92 Å². The standard InChI is InChI=1S/C21H22N2O2S/c1-4-23-20(24)18(22(3)21(23)26)13-17-7-5-6-8-19(17)25-14-16-11-9-15(2)10-12-16/h5-13H,4,14H2,1-3H3/b18-13+. The molecular weight excluding hydrogens is 344 g/mol. The predicted octanol–water partition coefficient (Wildman–Crippen LogP) is 3.99. The summed E-state index contributed by atoms with van der Waals surface area (Å²) in [6.45, 7) is 5.01. The van der Waals surface area contributed by atoms with Crippen molar-refractivity contribution in [3.63, 3.8) is 0 Å². The summed E-state index contributed by atoms with van der Waals surface area (Å²) in [6.07, 6.45) is 1.84. The molecule has 1 fully saturated rings. The molecule has 0 atom stereocenters. The van der Waals surface area contributed by atoms with Crippen molar-refractivity contribution in [2.24, 2.45) is 0 Å². The summed E-state index contributed by atoms with van der Waals surface area (Å²) in [5.41, 5.74) is 3.74. The molecule has 2 aromatic rings. The lowest BCUT2D eigenvalue weighted by atomic mass is 10.1. The molecule has 1 saturated heterocycles. The molecule has 1 heterocycles. The summed E-state index contributed by atoms with van der Waals surface area (Å²) in [5, 5.41) is 0.529. The monoisotopic (exact) mass is 366 g/mol. The highest BCUT2D eigenvalue weighted by Crippen LogP contribution is 2.27. The molecule has 1 amide bonds. The van der Waals surface area contributed by atoms with Crippen LogP contribution in [0.5, 0.6) is 5.75 Å². The van der Waals surface area contributed by atoms with Gasteiger partial charge in [0.2, 0.25) is 0 Å². The lowest BCUT2D eigenvalue weighted by Crippen LogP contribution is -2.30. The van der Waals surface area contributed by atoms with Crippen molar-refractivity contribution in [1.82, 2.24) is 9.80 Å². The highest BCUT2D eigenvalue weighted by atomic mass is 32.1. The van der Waals surface area contributed by atoms with Gasteiger partial charge < -0.3 is 9.64 Å². The summed E-state index contributed by atoms with van der Waals surface area (Å²) >= 11 is 5.35. The third-order valence-electron chi connectivity index (χ3n) is 4.39. The van der Waals surface area contributed by atoms with Gasteiger partial charge in [-0.1, -0.05) is 48.0 Å². The molecule has 4 nitrogen and oxygen atoms in total. The van der Waals surface area contributed by atoms with Gasteiger partial charge in [0.15, 0.2) is 5.11 Å². The Morgan fingerprint density at radius 3 is 2.46 bits per heavy atom. The van der Waals surface area contributed by atoms with Crippen LogP contribution in [0.4, 0.5) is 0 Å². The highest BCUT2D eigenvalue weighted by Gasteiger charge is 2.34. The van der Waals surface area contributed by atoms with Crippen LogP contribution in [-0.2, 0) is 11.4 Å². The number of rotatable bonds is 5. The molecule has 0 aromatic heterocycles. The number of hydrogen-bond donors (Lipinski definition) is 0. The first-order valence-corrected chi connectivity index (χ1v) is 9.00. The van der Waals surface area contributed by atoms with Crippen LogP contribution in [0.25, 0.3) is 6.08 Å². The van der Waals surface area contributed by atoms with Crippen molar-refractivity contribution in [2.75, 3.05) is 13.6 Å². The third-order valence-corrected chi connectivity index (χ3v) is 4.88. The molecule has 26 heavy (non-hydrogen) atoms. The minimum Gasteiger partial charge on any atom is -0.488 e. The fourth-order valence-corrected chi connectivity index (χ4v) is 3.12. The lowest BCUT2D eigenvalue weighted by molar-refractivity contribution is -0.122. The molecule has 1 aliphatic heterocycles. The van der Waals surface area contributed by atoms with Gasteiger partial charge in [-0.05, 0) is 43.8 Å². The molecule has 0 radical (unpaired) electrons. The third kappa shape index (κ3) is 3.63. The van der Waals surface area contributed by atoms with E-state index in [-0.39, 0.29) is 5.91 Å². The first-order chi connectivity index (χ1) is 12.5. The van der Waals surface area contributed by atoms with E-state index in [9.17, 15) is 4.79 Å². The molecule has 0 saturated carbocycles. The lowest BCUT2D eigenvalue weighted by Gasteiger charge is -2.14. The van der Waals surface area contributed by atoms with Crippen molar-refractivity contribution < 1.29 is 9.53 Å². The van der Waals surface area contributed by atoms with E-state index in [1.807, 2.05) is 44.3 Å². The maximum absolute atomic E-state index is 12.6. The first kappa shape index (κ1) is 18.1. The second kappa shape index (κ2) is 7.70. The van der Waals surface area contributed by atoms with Crippen molar-refractivity contribution in [3.8, 4) is 5.75 Å². The predicted molar refractivity (Wildman–Crippen MR) is 108 cm³/mol. The number of carbonyl (C=O) groups excluding carboxylic acids is 1. The second-order valence-electron chi connectivity index (χ2n) is 6.23. The Hall–Kier alpha value is -2.66. The normalized spacial score (nSPS) is 15.9. The Kier molecular flexibility index (Phi) is 5.38. The molecule has 5 heteroatoms. The van der Waals surface area contributed by atoms with Gasteiger partial charge in [0.25, 0.3) is 5.91 Å². The van der Waals surface area contributed by atoms with Crippen molar-refractivity contribution in [2.45, 2.75) is 20.5 Å². The van der Waals surface area contributed by atoms with E-state index in [1.54, 1.807) is 9.80 Å². The molecule has 0 spiro atoms. The summed E-state index contributed by atoms with van der Waals surface area (Å²) in [4.78, 5) is 15.9. The zero-order valence-electron chi connectivity index (χ0n) is 15.2. The molecule has 0 aliphatic carbocycles. The van der Waals surface area contributed by atoms with Crippen LogP contribution < -0.4 is 4.74 Å². The van der Waals surface area contributed by atoms with E-state index in [0.29, 0.717) is 24.0 Å². The molecule has 3 rings (SSSR count). The van der Waals surface area contributed by atoms with Crippen molar-refractivity contribution in [3.05, 3.63) is 70.9 Å². The van der Waals surface area contributed by atoms with E-state index in [1.165, 1.54) is 5.56 Å². The average Bonchev–Trinajstić information content (AvgIpc) is 2.85. The van der Waals surface area contributed by atoms with E-state index >= 15 is 0 Å². The molecule has 0 N–H and O–H groups in total. The molecule has 2 aromatic carbocycles. The molecule has 0 bridgehead atoms. The van der Waals surface area contributed by atoms with Crippen LogP contribution in [0.3, 0.4) is 0 Å². The molecule has 134 valence electrons. The van der Waals surface area contributed by atoms with Crippen LogP contribution >= 0.6 is 12.2 Å². The minimum absolute atomic E-state index is 0.0756. The average molecular weight is 366 g/mol. The Morgan fingerprint density at radius 2 is 1.81 bits per heavy atom. The van der Waals surface area contributed by atoms with E-state index in [0.717, 1.165) is 16.9 Å². The highest BCUT2D eigenvalue weighted by molar-refractivity contribution is 7.80. The van der Waals surface area contributed by atoms with Gasteiger partial charge in [-0.25, -0.2) is 0 Å². The first-order valence-electron chi connectivity index (χ1n) is 8.60. The Balaban J connectivity index is 1.84. The Labute approximate surface area is 159 Å². The largest absolute Gasteiger partial charge is 0.488 e. The number of hydrogen-bond acceptors (Lipinski definition) is 3. The number of benzene rings is 2. The van der Waals surface area contributed by atoms with Gasteiger partial charge in [0, 0.05) is 19.2 Å². The summed E-state index contributed by atoms with van der Waals surface area (Å²) in [6, 6.07) is 16.0. The van der Waals surface area contributed by atoms with Gasteiger partial charge in [-0.2, -0.15) is 0 Å². The smallest absolute Gasteiger partial charge is 0.276 e. The zero-order valence-corrected chi connectivity index (χ0v) is 16.0. The van der Waals surface area contributed by atoms with Gasteiger partial charge >= 0.3 is 0 Å².